The molecule has 24 heavy (non-hydrogen) atoms. The number of nitrogens with zero attached hydrogens (tertiary/aromatic N) is 1. The number of ketones is 1. The minimum absolute atomic E-state index is 0.0538. The first-order valence-electron chi connectivity index (χ1n) is 9.49. The van der Waals surface area contributed by atoms with Crippen LogP contribution in [0.15, 0.2) is 23.5 Å². The van der Waals surface area contributed by atoms with Crippen molar-refractivity contribution in [3.63, 3.8) is 0 Å². The third-order valence-electron chi connectivity index (χ3n) is 5.15. The van der Waals surface area contributed by atoms with Crippen LogP contribution in [0.5, 0.6) is 0 Å². The number of rotatable bonds is 3. The van der Waals surface area contributed by atoms with Crippen LogP contribution in [0.2, 0.25) is 0 Å². The largest absolute Gasteiger partial charge is 0.509 e. The Labute approximate surface area is 145 Å². The van der Waals surface area contributed by atoms with Crippen LogP contribution in [-0.2, 0) is 9.59 Å². The normalized spacial score (nSPS) is 22.7. The molecule has 1 aliphatic heterocycles. The summed E-state index contributed by atoms with van der Waals surface area (Å²) in [7, 11) is 1.59. The molecule has 0 aromatic rings. The van der Waals surface area contributed by atoms with Crippen LogP contribution in [0.3, 0.4) is 0 Å². The Morgan fingerprint density at radius 3 is 1.96 bits per heavy atom. The Kier molecular flexibility index (Phi) is 7.54. The Bertz CT molecular complexity index is 495. The van der Waals surface area contributed by atoms with E-state index in [0.717, 1.165) is 12.8 Å². The van der Waals surface area contributed by atoms with Gasteiger partial charge in [0, 0.05) is 7.05 Å². The van der Waals surface area contributed by atoms with Crippen molar-refractivity contribution in [2.45, 2.75) is 70.6 Å². The second-order valence-electron chi connectivity index (χ2n) is 7.23. The highest BCUT2D eigenvalue weighted by Gasteiger charge is 2.31. The van der Waals surface area contributed by atoms with Gasteiger partial charge in [-0.1, -0.05) is 63.9 Å². The van der Waals surface area contributed by atoms with Gasteiger partial charge in [0.15, 0.2) is 5.78 Å². The van der Waals surface area contributed by atoms with Gasteiger partial charge in [0.1, 0.15) is 11.3 Å². The molecule has 1 aliphatic carbocycles. The fourth-order valence-corrected chi connectivity index (χ4v) is 3.63. The van der Waals surface area contributed by atoms with Crippen LogP contribution in [0, 0.1) is 5.92 Å². The Morgan fingerprint density at radius 2 is 1.50 bits per heavy atom. The molecule has 134 valence electrons. The number of carbonyl (C=O) groups is 2. The molecule has 1 fully saturated rings. The predicted molar refractivity (Wildman–Crippen MR) is 95.7 cm³/mol. The van der Waals surface area contributed by atoms with Crippen LogP contribution >= 0.6 is 0 Å². The van der Waals surface area contributed by atoms with Gasteiger partial charge in [-0.25, -0.2) is 0 Å². The molecule has 0 spiro atoms. The Balaban J connectivity index is 1.92. The first-order valence-corrected chi connectivity index (χ1v) is 9.49. The average molecular weight is 333 g/mol. The molecule has 0 unspecified atom stereocenters. The highest BCUT2D eigenvalue weighted by Crippen LogP contribution is 2.23. The zero-order valence-electron chi connectivity index (χ0n) is 14.9. The van der Waals surface area contributed by atoms with Crippen molar-refractivity contribution < 1.29 is 14.7 Å². The average Bonchev–Trinajstić information content (AvgIpc) is 2.79. The second kappa shape index (κ2) is 9.65. The van der Waals surface area contributed by atoms with Gasteiger partial charge in [0.25, 0.3) is 5.91 Å². The molecule has 1 saturated carbocycles. The molecule has 1 N–H and O–H groups in total. The van der Waals surface area contributed by atoms with E-state index in [-0.39, 0.29) is 29.6 Å². The number of aliphatic hydroxyl groups is 1. The fourth-order valence-electron chi connectivity index (χ4n) is 3.63. The first-order chi connectivity index (χ1) is 11.6. The lowest BCUT2D eigenvalue weighted by molar-refractivity contribution is -0.126. The van der Waals surface area contributed by atoms with E-state index in [2.05, 4.69) is 0 Å². The second-order valence-corrected chi connectivity index (χ2v) is 7.23. The molecule has 0 aromatic carbocycles. The molecule has 2 aliphatic rings. The quantitative estimate of drug-likeness (QED) is 0.618. The van der Waals surface area contributed by atoms with E-state index in [0.29, 0.717) is 5.92 Å². The molecule has 1 amide bonds. The van der Waals surface area contributed by atoms with E-state index in [1.165, 1.54) is 68.8 Å². The maximum Gasteiger partial charge on any atom is 0.261 e. The van der Waals surface area contributed by atoms with Crippen LogP contribution in [0.1, 0.15) is 70.6 Å². The van der Waals surface area contributed by atoms with E-state index in [1.54, 1.807) is 7.05 Å². The van der Waals surface area contributed by atoms with E-state index in [4.69, 9.17) is 0 Å². The van der Waals surface area contributed by atoms with Gasteiger partial charge in [-0.15, -0.1) is 0 Å². The summed E-state index contributed by atoms with van der Waals surface area (Å²) in [6.07, 6.45) is 17.4. The molecule has 4 nitrogen and oxygen atoms in total. The van der Waals surface area contributed by atoms with Crippen LogP contribution in [0.4, 0.5) is 0 Å². The number of amides is 1. The minimum atomic E-state index is -0.374. The summed E-state index contributed by atoms with van der Waals surface area (Å²) in [6.45, 7) is 0.136. The van der Waals surface area contributed by atoms with Crippen molar-refractivity contribution in [1.29, 1.82) is 0 Å². The highest BCUT2D eigenvalue weighted by molar-refractivity contribution is 6.24. The maximum absolute atomic E-state index is 12.3. The van der Waals surface area contributed by atoms with Crippen LogP contribution in [-0.4, -0.2) is 35.3 Å². The molecule has 0 saturated heterocycles. The lowest BCUT2D eigenvalue weighted by Gasteiger charge is -2.14. The van der Waals surface area contributed by atoms with E-state index < -0.39 is 0 Å². The topological polar surface area (TPSA) is 57.6 Å². The summed E-state index contributed by atoms with van der Waals surface area (Å²) < 4.78 is 0. The summed E-state index contributed by atoms with van der Waals surface area (Å²) in [5, 5.41) is 9.81. The van der Waals surface area contributed by atoms with Crippen molar-refractivity contribution in [3.8, 4) is 0 Å². The van der Waals surface area contributed by atoms with E-state index in [1.807, 2.05) is 6.08 Å². The lowest BCUT2D eigenvalue weighted by Crippen LogP contribution is -2.23. The van der Waals surface area contributed by atoms with Gasteiger partial charge < -0.3 is 10.0 Å². The predicted octanol–water partition coefficient (Wildman–Crippen LogP) is 4.32. The van der Waals surface area contributed by atoms with Crippen LogP contribution in [0.25, 0.3) is 0 Å². The fraction of sp³-hybridized carbons (Fsp3) is 0.700. The van der Waals surface area contributed by atoms with Crippen molar-refractivity contribution in [2.75, 3.05) is 13.6 Å². The van der Waals surface area contributed by atoms with Crippen molar-refractivity contribution in [3.05, 3.63) is 23.5 Å². The standard InChI is InChI=1S/C20H31NO3/c1-21-15-18(23)19(20(21)24)17(22)14-13-16-11-9-7-5-3-2-4-6-8-10-12-16/h13-14,16,23H,2-12,15H2,1H3/b14-13+. The zero-order valence-corrected chi connectivity index (χ0v) is 14.9. The van der Waals surface area contributed by atoms with Crippen molar-refractivity contribution in [2.24, 2.45) is 5.92 Å². The SMILES string of the molecule is CN1CC(O)=C(C(=O)/C=C/C2CCCCCCCCCCC2)C1=O. The molecular weight excluding hydrogens is 302 g/mol. The first kappa shape index (κ1) is 18.8. The van der Waals surface area contributed by atoms with Crippen molar-refractivity contribution >= 4 is 11.7 Å². The molecule has 0 radical (unpaired) electrons. The van der Waals surface area contributed by atoms with Crippen molar-refractivity contribution in [1.82, 2.24) is 4.90 Å². The highest BCUT2D eigenvalue weighted by atomic mass is 16.3. The van der Waals surface area contributed by atoms with Gasteiger partial charge >= 0.3 is 0 Å². The monoisotopic (exact) mass is 333 g/mol. The molecule has 0 aromatic heterocycles. The number of allylic oxidation sites excluding steroid dienone is 2. The van der Waals surface area contributed by atoms with Gasteiger partial charge in [-0.05, 0) is 24.8 Å². The van der Waals surface area contributed by atoms with E-state index >= 15 is 0 Å². The minimum Gasteiger partial charge on any atom is -0.509 e. The number of carbonyl (C=O) groups excluding carboxylic acids is 2. The zero-order chi connectivity index (χ0) is 17.4. The summed E-state index contributed by atoms with van der Waals surface area (Å²) >= 11 is 0. The molecule has 0 bridgehead atoms. The molecule has 1 heterocycles. The Hall–Kier alpha value is -1.58. The molecule has 0 atom stereocenters. The number of aliphatic hydroxyl groups excluding tert-OH is 1. The maximum atomic E-state index is 12.3. The van der Waals surface area contributed by atoms with Gasteiger partial charge in [-0.3, -0.25) is 9.59 Å². The smallest absolute Gasteiger partial charge is 0.261 e. The third-order valence-corrected chi connectivity index (χ3v) is 5.15. The lowest BCUT2D eigenvalue weighted by atomic mass is 9.92. The van der Waals surface area contributed by atoms with Crippen LogP contribution < -0.4 is 0 Å². The summed E-state index contributed by atoms with van der Waals surface area (Å²) in [6, 6.07) is 0. The number of likely N-dealkylation sites (N-methyl/N-ethyl adjacent to an activating group) is 1. The third kappa shape index (κ3) is 5.50. The van der Waals surface area contributed by atoms with E-state index in [9.17, 15) is 14.7 Å². The summed E-state index contributed by atoms with van der Waals surface area (Å²) in [5.74, 6) is -0.421. The van der Waals surface area contributed by atoms with Gasteiger partial charge in [-0.2, -0.15) is 0 Å². The number of hydrogen-bond acceptors (Lipinski definition) is 3. The number of hydrogen-bond donors (Lipinski definition) is 1. The molecular formula is C20H31NO3. The van der Waals surface area contributed by atoms with Gasteiger partial charge in [0.2, 0.25) is 0 Å². The summed E-state index contributed by atoms with van der Waals surface area (Å²) in [5.41, 5.74) is -0.0538. The Morgan fingerprint density at radius 1 is 1.00 bits per heavy atom. The van der Waals surface area contributed by atoms with Gasteiger partial charge in [0.05, 0.1) is 6.54 Å². The summed E-state index contributed by atoms with van der Waals surface area (Å²) in [4.78, 5) is 25.6. The molecule has 4 heteroatoms. The molecule has 2 rings (SSSR count).